The van der Waals surface area contributed by atoms with Gasteiger partial charge in [-0.3, -0.25) is 9.59 Å². The predicted octanol–water partition coefficient (Wildman–Crippen LogP) is 4.08. The molecule has 3 aromatic rings. The molecule has 1 fully saturated rings. The van der Waals surface area contributed by atoms with E-state index in [1.165, 1.54) is 13.2 Å². The lowest BCUT2D eigenvalue weighted by atomic mass is 9.89. The number of nitrogens with one attached hydrogen (secondary N) is 1. The van der Waals surface area contributed by atoms with Crippen LogP contribution in [-0.4, -0.2) is 53.6 Å². The van der Waals surface area contributed by atoms with Gasteiger partial charge in [-0.15, -0.1) is 0 Å². The van der Waals surface area contributed by atoms with E-state index in [9.17, 15) is 14.9 Å². The first kappa shape index (κ1) is 25.0. The third-order valence-electron chi connectivity index (χ3n) is 6.74. The van der Waals surface area contributed by atoms with E-state index in [1.54, 1.807) is 25.4 Å². The molecule has 1 saturated heterocycles. The number of hydrogen-bond donors (Lipinski definition) is 1. The van der Waals surface area contributed by atoms with Crippen LogP contribution in [0.4, 0.5) is 5.69 Å². The molecule has 2 aromatic heterocycles. The maximum Gasteiger partial charge on any atom is 0.255 e. The summed E-state index contributed by atoms with van der Waals surface area (Å²) < 4.78 is 12.9. The van der Waals surface area contributed by atoms with Gasteiger partial charge in [0.15, 0.2) is 5.75 Å². The van der Waals surface area contributed by atoms with Gasteiger partial charge in [-0.1, -0.05) is 13.8 Å². The predicted molar refractivity (Wildman–Crippen MR) is 136 cm³/mol. The van der Waals surface area contributed by atoms with E-state index in [-0.39, 0.29) is 29.2 Å². The monoisotopic (exact) mass is 489 g/mol. The Kier molecular flexibility index (Phi) is 7.15. The molecule has 0 unspecified atom stereocenters. The number of benzene rings is 1. The van der Waals surface area contributed by atoms with Gasteiger partial charge in [-0.2, -0.15) is 5.26 Å². The highest BCUT2D eigenvalue weighted by molar-refractivity contribution is 6.07. The molecule has 9 heteroatoms. The number of nitrogens with zero attached hydrogens (tertiary/aromatic N) is 4. The number of pyridine rings is 1. The van der Waals surface area contributed by atoms with Crippen molar-refractivity contribution in [3.8, 4) is 17.6 Å². The van der Waals surface area contributed by atoms with Gasteiger partial charge in [0.1, 0.15) is 23.2 Å². The molecule has 1 N–H and O–H groups in total. The minimum absolute atomic E-state index is 0.00971. The number of amides is 2. The fourth-order valence-corrected chi connectivity index (χ4v) is 4.86. The average molecular weight is 490 g/mol. The van der Waals surface area contributed by atoms with Crippen molar-refractivity contribution in [2.75, 3.05) is 32.6 Å². The minimum Gasteiger partial charge on any atom is -0.495 e. The Hall–Kier alpha value is -4.06. The van der Waals surface area contributed by atoms with Gasteiger partial charge in [0.05, 0.1) is 31.4 Å². The van der Waals surface area contributed by atoms with Gasteiger partial charge in [-0.25, -0.2) is 4.98 Å². The minimum atomic E-state index is -0.383. The third kappa shape index (κ3) is 4.59. The maximum absolute atomic E-state index is 13.0. The summed E-state index contributed by atoms with van der Waals surface area (Å²) in [6.07, 6.45) is 5.35. The fraction of sp³-hybridized carbons (Fsp3) is 0.407. The quantitative estimate of drug-likeness (QED) is 0.559. The Morgan fingerprint density at radius 2 is 1.92 bits per heavy atom. The Labute approximate surface area is 210 Å². The zero-order chi connectivity index (χ0) is 26.0. The van der Waals surface area contributed by atoms with Crippen molar-refractivity contribution in [1.29, 1.82) is 5.26 Å². The highest BCUT2D eigenvalue weighted by Gasteiger charge is 2.29. The number of fused-ring (bicyclic) bond motifs is 1. The van der Waals surface area contributed by atoms with Crippen LogP contribution in [0, 0.1) is 17.2 Å². The molecule has 0 saturated carbocycles. The number of rotatable bonds is 6. The lowest BCUT2D eigenvalue weighted by Gasteiger charge is -2.33. The molecular weight excluding hydrogens is 458 g/mol. The van der Waals surface area contributed by atoms with Gasteiger partial charge >= 0.3 is 0 Å². The van der Waals surface area contributed by atoms with Gasteiger partial charge < -0.3 is 24.3 Å². The van der Waals surface area contributed by atoms with Crippen molar-refractivity contribution in [2.24, 2.45) is 13.0 Å². The largest absolute Gasteiger partial charge is 0.495 e. The Morgan fingerprint density at radius 1 is 1.19 bits per heavy atom. The molecule has 1 aromatic carbocycles. The van der Waals surface area contributed by atoms with Gasteiger partial charge in [-0.05, 0) is 42.5 Å². The second kappa shape index (κ2) is 10.3. The molecule has 1 aliphatic rings. The Balaban J connectivity index is 1.65. The SMILES string of the molecule is COc1ccc(C(=O)Nc2cnc3c(c(C4CCN(C(=O)C(C)C)CC4)cn3C)c2OC)cc1C#N. The first-order valence-corrected chi connectivity index (χ1v) is 12.0. The average Bonchev–Trinajstić information content (AvgIpc) is 3.23. The second-order valence-electron chi connectivity index (χ2n) is 9.33. The number of likely N-dealkylation sites (tertiary alicyclic amines) is 1. The van der Waals surface area contributed by atoms with Crippen molar-refractivity contribution in [2.45, 2.75) is 32.6 Å². The van der Waals surface area contributed by atoms with Crippen LogP contribution in [0.3, 0.4) is 0 Å². The zero-order valence-corrected chi connectivity index (χ0v) is 21.3. The molecule has 2 amide bonds. The number of methoxy groups -OCH3 is 2. The smallest absolute Gasteiger partial charge is 0.255 e. The molecule has 1 aliphatic heterocycles. The van der Waals surface area contributed by atoms with Gasteiger partial charge in [0, 0.05) is 37.8 Å². The van der Waals surface area contributed by atoms with Crippen molar-refractivity contribution in [1.82, 2.24) is 14.5 Å². The number of aromatic nitrogens is 2. The van der Waals surface area contributed by atoms with E-state index in [4.69, 9.17) is 9.47 Å². The molecule has 0 atom stereocenters. The summed E-state index contributed by atoms with van der Waals surface area (Å²) >= 11 is 0. The van der Waals surface area contributed by atoms with E-state index in [0.717, 1.165) is 29.4 Å². The Morgan fingerprint density at radius 3 is 2.53 bits per heavy atom. The highest BCUT2D eigenvalue weighted by atomic mass is 16.5. The fourth-order valence-electron chi connectivity index (χ4n) is 4.86. The summed E-state index contributed by atoms with van der Waals surface area (Å²) in [5.74, 6) is 0.986. The summed E-state index contributed by atoms with van der Waals surface area (Å²) in [4.78, 5) is 32.0. The summed E-state index contributed by atoms with van der Waals surface area (Å²) in [6, 6.07) is 6.74. The number of hydrogen-bond acceptors (Lipinski definition) is 6. The number of ether oxygens (including phenoxy) is 2. The first-order chi connectivity index (χ1) is 17.3. The molecule has 188 valence electrons. The Bertz CT molecular complexity index is 1350. The van der Waals surface area contributed by atoms with Crippen LogP contribution >= 0.6 is 0 Å². The van der Waals surface area contributed by atoms with Gasteiger partial charge in [0.2, 0.25) is 5.91 Å². The summed E-state index contributed by atoms with van der Waals surface area (Å²) in [5.41, 5.74) is 2.91. The van der Waals surface area contributed by atoms with E-state index >= 15 is 0 Å². The van der Waals surface area contributed by atoms with E-state index in [2.05, 4.69) is 16.5 Å². The molecule has 3 heterocycles. The molecule has 0 bridgehead atoms. The van der Waals surface area contributed by atoms with E-state index in [0.29, 0.717) is 35.8 Å². The second-order valence-corrected chi connectivity index (χ2v) is 9.33. The van der Waals surface area contributed by atoms with Crippen LogP contribution < -0.4 is 14.8 Å². The number of anilines is 1. The molecule has 9 nitrogen and oxygen atoms in total. The maximum atomic E-state index is 13.0. The topological polar surface area (TPSA) is 109 Å². The first-order valence-electron chi connectivity index (χ1n) is 12.0. The molecule has 36 heavy (non-hydrogen) atoms. The van der Waals surface area contributed by atoms with E-state index in [1.807, 2.05) is 36.4 Å². The molecule has 0 aliphatic carbocycles. The lowest BCUT2D eigenvalue weighted by Crippen LogP contribution is -2.40. The molecular formula is C27H31N5O4. The summed E-state index contributed by atoms with van der Waals surface area (Å²) in [6.45, 7) is 5.28. The van der Waals surface area contributed by atoms with Crippen LogP contribution in [0.15, 0.2) is 30.6 Å². The normalized spacial score (nSPS) is 14.1. The number of nitriles is 1. The molecule has 4 rings (SSSR count). The number of carbonyl (C=O) groups excluding carboxylic acids is 2. The molecule has 0 radical (unpaired) electrons. The number of aryl methyl sites for hydroxylation is 1. The number of carbonyl (C=O) groups is 2. The van der Waals surface area contributed by atoms with Crippen molar-refractivity contribution >= 4 is 28.5 Å². The van der Waals surface area contributed by atoms with E-state index < -0.39 is 0 Å². The van der Waals surface area contributed by atoms with Crippen molar-refractivity contribution < 1.29 is 19.1 Å². The van der Waals surface area contributed by atoms with Crippen LogP contribution in [0.5, 0.6) is 11.5 Å². The lowest BCUT2D eigenvalue weighted by molar-refractivity contribution is -0.135. The summed E-state index contributed by atoms with van der Waals surface area (Å²) in [7, 11) is 4.99. The molecule has 0 spiro atoms. The van der Waals surface area contributed by atoms with Crippen molar-refractivity contribution in [3.05, 3.63) is 47.3 Å². The zero-order valence-electron chi connectivity index (χ0n) is 21.3. The number of piperidine rings is 1. The van der Waals surface area contributed by atoms with Crippen LogP contribution in [0.25, 0.3) is 11.0 Å². The standard InChI is InChI=1S/C27H31N5O4/c1-16(2)27(34)32-10-8-17(9-11-32)20-15-31(3)25-23(20)24(36-5)21(14-29-25)30-26(33)18-6-7-22(35-4)19(12-18)13-28/h6-7,12,14-17H,8-11H2,1-5H3,(H,30,33). The third-order valence-corrected chi connectivity index (χ3v) is 6.74. The summed E-state index contributed by atoms with van der Waals surface area (Å²) in [5, 5.41) is 13.1. The highest BCUT2D eigenvalue weighted by Crippen LogP contribution is 2.41. The van der Waals surface area contributed by atoms with Crippen molar-refractivity contribution in [3.63, 3.8) is 0 Å². The van der Waals surface area contributed by atoms with Crippen LogP contribution in [0.2, 0.25) is 0 Å². The van der Waals surface area contributed by atoms with Gasteiger partial charge in [0.25, 0.3) is 5.91 Å². The van der Waals surface area contributed by atoms with Crippen LogP contribution in [0.1, 0.15) is 54.1 Å². The van der Waals surface area contributed by atoms with Crippen LogP contribution in [-0.2, 0) is 11.8 Å².